The molecule has 4 nitrogen and oxygen atoms in total. The van der Waals surface area contributed by atoms with Crippen LogP contribution in [0.25, 0.3) is 0 Å². The molecule has 118 valence electrons. The number of hydrogen-bond donors (Lipinski definition) is 1. The summed E-state index contributed by atoms with van der Waals surface area (Å²) in [6, 6.07) is 0.706. The SMILES string of the molecule is CCC(C)N1CCN(C2(CN)CCOC(C)(C)C2)CC1. The molecule has 2 aliphatic rings. The topological polar surface area (TPSA) is 41.7 Å². The van der Waals surface area contributed by atoms with Gasteiger partial charge in [0.05, 0.1) is 5.60 Å². The van der Waals surface area contributed by atoms with E-state index in [2.05, 4.69) is 37.5 Å². The van der Waals surface area contributed by atoms with Crippen LogP contribution in [0.5, 0.6) is 0 Å². The van der Waals surface area contributed by atoms with Gasteiger partial charge in [0, 0.05) is 50.9 Å². The van der Waals surface area contributed by atoms with Crippen molar-refractivity contribution in [1.82, 2.24) is 9.80 Å². The zero-order chi connectivity index (χ0) is 14.8. The Labute approximate surface area is 124 Å². The minimum Gasteiger partial charge on any atom is -0.375 e. The fraction of sp³-hybridized carbons (Fsp3) is 1.00. The predicted molar refractivity (Wildman–Crippen MR) is 83.9 cm³/mol. The quantitative estimate of drug-likeness (QED) is 0.852. The molecule has 2 unspecified atom stereocenters. The average molecular weight is 283 g/mol. The number of nitrogens with two attached hydrogens (primary N) is 1. The summed E-state index contributed by atoms with van der Waals surface area (Å²) in [5, 5.41) is 0. The van der Waals surface area contributed by atoms with Gasteiger partial charge in [-0.15, -0.1) is 0 Å². The minimum atomic E-state index is -0.0362. The van der Waals surface area contributed by atoms with Crippen LogP contribution in [0.2, 0.25) is 0 Å². The molecule has 0 saturated carbocycles. The van der Waals surface area contributed by atoms with Gasteiger partial charge in [-0.25, -0.2) is 0 Å². The Morgan fingerprint density at radius 3 is 2.35 bits per heavy atom. The highest BCUT2D eigenvalue weighted by atomic mass is 16.5. The van der Waals surface area contributed by atoms with Crippen LogP contribution in [0.3, 0.4) is 0 Å². The Bertz CT molecular complexity index is 313. The van der Waals surface area contributed by atoms with Gasteiger partial charge in [0.15, 0.2) is 0 Å². The van der Waals surface area contributed by atoms with E-state index in [4.69, 9.17) is 10.5 Å². The lowest BCUT2D eigenvalue weighted by Crippen LogP contribution is -2.65. The molecule has 2 aliphatic heterocycles. The van der Waals surface area contributed by atoms with E-state index in [1.54, 1.807) is 0 Å². The van der Waals surface area contributed by atoms with Crippen molar-refractivity contribution in [2.45, 2.75) is 64.1 Å². The molecule has 2 heterocycles. The maximum atomic E-state index is 6.20. The van der Waals surface area contributed by atoms with Gasteiger partial charge >= 0.3 is 0 Å². The standard InChI is InChI=1S/C16H33N3O/c1-5-14(2)18-7-9-19(10-8-18)16(13-17)6-11-20-15(3,4)12-16/h14H,5-13,17H2,1-4H3. The van der Waals surface area contributed by atoms with Crippen molar-refractivity contribution in [1.29, 1.82) is 0 Å². The molecule has 0 spiro atoms. The Balaban J connectivity index is 2.00. The van der Waals surface area contributed by atoms with Crippen molar-refractivity contribution < 1.29 is 4.74 Å². The number of ether oxygens (including phenoxy) is 1. The lowest BCUT2D eigenvalue weighted by molar-refractivity contribution is -0.125. The maximum Gasteiger partial charge on any atom is 0.0644 e. The van der Waals surface area contributed by atoms with Crippen molar-refractivity contribution in [3.8, 4) is 0 Å². The molecular formula is C16H33N3O. The van der Waals surface area contributed by atoms with E-state index in [-0.39, 0.29) is 11.1 Å². The fourth-order valence-corrected chi connectivity index (χ4v) is 3.92. The summed E-state index contributed by atoms with van der Waals surface area (Å²) in [7, 11) is 0. The van der Waals surface area contributed by atoms with E-state index in [9.17, 15) is 0 Å². The lowest BCUT2D eigenvalue weighted by Gasteiger charge is -2.53. The molecule has 0 amide bonds. The molecule has 0 radical (unpaired) electrons. The van der Waals surface area contributed by atoms with Crippen molar-refractivity contribution >= 4 is 0 Å². The van der Waals surface area contributed by atoms with Crippen LogP contribution >= 0.6 is 0 Å². The van der Waals surface area contributed by atoms with Crippen molar-refractivity contribution in [3.05, 3.63) is 0 Å². The van der Waals surface area contributed by atoms with Gasteiger partial charge in [-0.3, -0.25) is 9.80 Å². The van der Waals surface area contributed by atoms with Crippen molar-refractivity contribution in [2.75, 3.05) is 39.3 Å². The fourth-order valence-electron chi connectivity index (χ4n) is 3.92. The first-order valence-electron chi connectivity index (χ1n) is 8.25. The molecule has 20 heavy (non-hydrogen) atoms. The lowest BCUT2D eigenvalue weighted by atomic mass is 9.79. The third-order valence-corrected chi connectivity index (χ3v) is 5.39. The highest BCUT2D eigenvalue weighted by Crippen LogP contribution is 2.36. The van der Waals surface area contributed by atoms with E-state index in [0.717, 1.165) is 39.1 Å². The average Bonchev–Trinajstić information content (AvgIpc) is 2.45. The summed E-state index contributed by atoms with van der Waals surface area (Å²) in [6.45, 7) is 15.3. The molecule has 4 heteroatoms. The van der Waals surface area contributed by atoms with Crippen molar-refractivity contribution in [2.24, 2.45) is 5.73 Å². The molecule has 0 bridgehead atoms. The van der Waals surface area contributed by atoms with Gasteiger partial charge in [-0.05, 0) is 40.0 Å². The third-order valence-electron chi connectivity index (χ3n) is 5.39. The second-order valence-corrected chi connectivity index (χ2v) is 7.24. The van der Waals surface area contributed by atoms with Crippen LogP contribution in [0, 0.1) is 0 Å². The summed E-state index contributed by atoms with van der Waals surface area (Å²) in [5.74, 6) is 0. The van der Waals surface area contributed by atoms with Gasteiger partial charge in [0.25, 0.3) is 0 Å². The third kappa shape index (κ3) is 3.35. The molecule has 2 fully saturated rings. The van der Waals surface area contributed by atoms with Gasteiger partial charge in [-0.2, -0.15) is 0 Å². The Morgan fingerprint density at radius 1 is 1.20 bits per heavy atom. The van der Waals surface area contributed by atoms with E-state index >= 15 is 0 Å². The van der Waals surface area contributed by atoms with E-state index in [1.807, 2.05) is 0 Å². The highest BCUT2D eigenvalue weighted by Gasteiger charge is 2.44. The van der Waals surface area contributed by atoms with Crippen LogP contribution in [0.15, 0.2) is 0 Å². The number of piperazine rings is 1. The Kier molecular flexibility index (Phi) is 5.11. The molecule has 0 aliphatic carbocycles. The van der Waals surface area contributed by atoms with Crippen LogP contribution in [-0.4, -0.2) is 66.3 Å². The Hall–Kier alpha value is -0.160. The number of rotatable bonds is 4. The molecule has 2 rings (SSSR count). The molecule has 2 saturated heterocycles. The van der Waals surface area contributed by atoms with E-state index in [1.165, 1.54) is 19.5 Å². The first kappa shape index (κ1) is 16.2. The molecular weight excluding hydrogens is 250 g/mol. The zero-order valence-corrected chi connectivity index (χ0v) is 13.8. The minimum absolute atomic E-state index is 0.0362. The number of nitrogens with zero attached hydrogens (tertiary/aromatic N) is 2. The summed E-state index contributed by atoms with van der Waals surface area (Å²) in [5.41, 5.74) is 6.32. The van der Waals surface area contributed by atoms with Crippen molar-refractivity contribution in [3.63, 3.8) is 0 Å². The molecule has 2 N–H and O–H groups in total. The van der Waals surface area contributed by atoms with Gasteiger partial charge in [0.1, 0.15) is 0 Å². The van der Waals surface area contributed by atoms with E-state index < -0.39 is 0 Å². The highest BCUT2D eigenvalue weighted by molar-refractivity contribution is 5.00. The summed E-state index contributed by atoms with van der Waals surface area (Å²) < 4.78 is 5.90. The first-order chi connectivity index (χ1) is 9.42. The number of hydrogen-bond acceptors (Lipinski definition) is 4. The molecule has 0 aromatic rings. The maximum absolute atomic E-state index is 6.20. The second-order valence-electron chi connectivity index (χ2n) is 7.24. The van der Waals surface area contributed by atoms with Crippen LogP contribution in [0.1, 0.15) is 47.0 Å². The van der Waals surface area contributed by atoms with E-state index in [0.29, 0.717) is 6.04 Å². The monoisotopic (exact) mass is 283 g/mol. The predicted octanol–water partition coefficient (Wildman–Crippen LogP) is 1.69. The largest absolute Gasteiger partial charge is 0.375 e. The zero-order valence-electron chi connectivity index (χ0n) is 13.8. The van der Waals surface area contributed by atoms with Gasteiger partial charge in [-0.1, -0.05) is 6.92 Å². The van der Waals surface area contributed by atoms with Crippen LogP contribution < -0.4 is 5.73 Å². The Morgan fingerprint density at radius 2 is 1.85 bits per heavy atom. The first-order valence-corrected chi connectivity index (χ1v) is 8.25. The molecule has 0 aromatic carbocycles. The van der Waals surface area contributed by atoms with Gasteiger partial charge in [0.2, 0.25) is 0 Å². The molecule has 2 atom stereocenters. The van der Waals surface area contributed by atoms with Gasteiger partial charge < -0.3 is 10.5 Å². The normalized spacial score (nSPS) is 34.0. The molecule has 0 aromatic heterocycles. The second kappa shape index (κ2) is 6.30. The summed E-state index contributed by atoms with van der Waals surface area (Å²) >= 11 is 0. The summed E-state index contributed by atoms with van der Waals surface area (Å²) in [6.07, 6.45) is 3.37. The van der Waals surface area contributed by atoms with Crippen LogP contribution in [0.4, 0.5) is 0 Å². The smallest absolute Gasteiger partial charge is 0.0644 e. The summed E-state index contributed by atoms with van der Waals surface area (Å²) in [4.78, 5) is 5.27. The van der Waals surface area contributed by atoms with Crippen LogP contribution in [-0.2, 0) is 4.74 Å².